The van der Waals surface area contributed by atoms with E-state index in [1.807, 2.05) is 6.07 Å². The number of alkyl halides is 3. The highest BCUT2D eigenvalue weighted by Crippen LogP contribution is 2.35. The number of anilines is 1. The van der Waals surface area contributed by atoms with E-state index in [9.17, 15) is 22.8 Å². The van der Waals surface area contributed by atoms with Crippen LogP contribution in [0.1, 0.15) is 24.3 Å². The third kappa shape index (κ3) is 4.10. The molecule has 1 N–H and O–H groups in total. The van der Waals surface area contributed by atoms with Crippen LogP contribution in [0.5, 0.6) is 0 Å². The number of morpholine rings is 1. The van der Waals surface area contributed by atoms with Crippen molar-refractivity contribution < 1.29 is 27.5 Å². The molecule has 5 heterocycles. The molecule has 0 spiro atoms. The van der Waals surface area contributed by atoms with E-state index >= 15 is 0 Å². The maximum Gasteiger partial charge on any atom is 0.393 e. The fraction of sp³-hybridized carbons (Fsp3) is 0.667. The molecule has 11 heteroatoms. The molecule has 4 fully saturated rings. The summed E-state index contributed by atoms with van der Waals surface area (Å²) in [5.41, 5.74) is 0.982. The van der Waals surface area contributed by atoms with Crippen LogP contribution in [0.2, 0.25) is 0 Å². The number of amides is 3. The van der Waals surface area contributed by atoms with E-state index in [1.165, 1.54) is 0 Å². The minimum absolute atomic E-state index is 0.0347. The molecule has 1 aromatic rings. The van der Waals surface area contributed by atoms with Crippen LogP contribution in [0.4, 0.5) is 23.8 Å². The molecule has 174 valence electrons. The van der Waals surface area contributed by atoms with Crippen molar-refractivity contribution in [2.75, 3.05) is 50.8 Å². The molecule has 0 radical (unpaired) electrons. The summed E-state index contributed by atoms with van der Waals surface area (Å²) in [5, 5.41) is 2.90. The first-order valence-electron chi connectivity index (χ1n) is 11.0. The Labute approximate surface area is 183 Å². The standard InChI is InChI=1S/C21H26F3N5O3/c22-21(23,24)15-3-5-27(10-15)18-2-1-13(7-25-18)14-8-29(9-14)20(31)28-6-4-17-16(11-28)26-19(30)12-32-17/h1-2,7,14-17H,3-6,8-12H2,(H,26,30)/t15?,16-,17+/m1/s1. The molecule has 4 aliphatic rings. The van der Waals surface area contributed by atoms with E-state index in [4.69, 9.17) is 4.74 Å². The Morgan fingerprint density at radius 3 is 2.59 bits per heavy atom. The number of rotatable bonds is 2. The first kappa shape index (κ1) is 21.3. The van der Waals surface area contributed by atoms with Gasteiger partial charge in [-0.2, -0.15) is 13.2 Å². The fourth-order valence-corrected chi connectivity index (χ4v) is 4.98. The largest absolute Gasteiger partial charge is 0.393 e. The van der Waals surface area contributed by atoms with Gasteiger partial charge in [-0.3, -0.25) is 4.79 Å². The van der Waals surface area contributed by atoms with Crippen molar-refractivity contribution in [2.24, 2.45) is 5.92 Å². The van der Waals surface area contributed by atoms with Crippen LogP contribution in [0, 0.1) is 5.92 Å². The molecular weight excluding hydrogens is 427 g/mol. The molecule has 3 atom stereocenters. The van der Waals surface area contributed by atoms with Crippen molar-refractivity contribution in [2.45, 2.75) is 37.1 Å². The molecule has 4 aliphatic heterocycles. The van der Waals surface area contributed by atoms with Gasteiger partial charge in [0.2, 0.25) is 5.91 Å². The number of halogens is 3. The maximum absolute atomic E-state index is 12.9. The summed E-state index contributed by atoms with van der Waals surface area (Å²) in [6.07, 6.45) is -1.69. The number of pyridine rings is 1. The predicted octanol–water partition coefficient (Wildman–Crippen LogP) is 1.58. The lowest BCUT2D eigenvalue weighted by atomic mass is 9.92. The summed E-state index contributed by atoms with van der Waals surface area (Å²) >= 11 is 0. The van der Waals surface area contributed by atoms with Gasteiger partial charge < -0.3 is 24.8 Å². The second kappa shape index (κ2) is 8.09. The van der Waals surface area contributed by atoms with Gasteiger partial charge in [0.15, 0.2) is 0 Å². The number of carbonyl (C=O) groups excluding carboxylic acids is 2. The lowest BCUT2D eigenvalue weighted by molar-refractivity contribution is -0.168. The zero-order valence-electron chi connectivity index (χ0n) is 17.6. The molecule has 4 saturated heterocycles. The molecule has 5 rings (SSSR count). The van der Waals surface area contributed by atoms with Crippen LogP contribution in [-0.2, 0) is 9.53 Å². The van der Waals surface area contributed by atoms with Crippen molar-refractivity contribution in [1.82, 2.24) is 20.1 Å². The van der Waals surface area contributed by atoms with Crippen LogP contribution in [0.25, 0.3) is 0 Å². The number of likely N-dealkylation sites (tertiary alicyclic amines) is 2. The van der Waals surface area contributed by atoms with Gasteiger partial charge in [0.05, 0.1) is 18.1 Å². The zero-order chi connectivity index (χ0) is 22.5. The van der Waals surface area contributed by atoms with E-state index < -0.39 is 12.1 Å². The predicted molar refractivity (Wildman–Crippen MR) is 108 cm³/mol. The molecule has 32 heavy (non-hydrogen) atoms. The minimum Gasteiger partial charge on any atom is -0.366 e. The number of nitrogens with one attached hydrogen (secondary N) is 1. The molecule has 0 aromatic carbocycles. The fourth-order valence-electron chi connectivity index (χ4n) is 4.98. The third-order valence-corrected chi connectivity index (χ3v) is 6.96. The normalized spacial score (nSPS) is 28.9. The van der Waals surface area contributed by atoms with E-state index in [0.717, 1.165) is 5.56 Å². The van der Waals surface area contributed by atoms with Crippen LogP contribution in [0.15, 0.2) is 18.3 Å². The van der Waals surface area contributed by atoms with Gasteiger partial charge in [-0.15, -0.1) is 0 Å². The topological polar surface area (TPSA) is 78.0 Å². The smallest absolute Gasteiger partial charge is 0.366 e. The molecule has 8 nitrogen and oxygen atoms in total. The Balaban J connectivity index is 1.12. The van der Waals surface area contributed by atoms with Crippen LogP contribution >= 0.6 is 0 Å². The van der Waals surface area contributed by atoms with Crippen LogP contribution in [-0.4, -0.2) is 90.9 Å². The molecule has 1 aromatic heterocycles. The summed E-state index contributed by atoms with van der Waals surface area (Å²) in [6, 6.07) is 3.47. The average Bonchev–Trinajstić information content (AvgIpc) is 3.23. The molecule has 3 amide bonds. The first-order valence-corrected chi connectivity index (χ1v) is 11.0. The Bertz CT molecular complexity index is 874. The highest BCUT2D eigenvalue weighted by atomic mass is 19.4. The highest BCUT2D eigenvalue weighted by Gasteiger charge is 2.44. The summed E-state index contributed by atoms with van der Waals surface area (Å²) in [5.74, 6) is -0.721. The Hall–Kier alpha value is -2.56. The minimum atomic E-state index is -4.17. The van der Waals surface area contributed by atoms with Crippen molar-refractivity contribution in [1.29, 1.82) is 0 Å². The number of carbonyl (C=O) groups is 2. The van der Waals surface area contributed by atoms with Crippen molar-refractivity contribution in [3.63, 3.8) is 0 Å². The third-order valence-electron chi connectivity index (χ3n) is 6.96. The Morgan fingerprint density at radius 1 is 1.09 bits per heavy atom. The maximum atomic E-state index is 12.9. The van der Waals surface area contributed by atoms with Gasteiger partial charge in [0, 0.05) is 51.4 Å². The van der Waals surface area contributed by atoms with Gasteiger partial charge in [-0.25, -0.2) is 9.78 Å². The Morgan fingerprint density at radius 2 is 1.91 bits per heavy atom. The van der Waals surface area contributed by atoms with Gasteiger partial charge in [0.1, 0.15) is 12.4 Å². The van der Waals surface area contributed by atoms with Gasteiger partial charge >= 0.3 is 12.2 Å². The number of urea groups is 1. The number of aromatic nitrogens is 1. The van der Waals surface area contributed by atoms with Crippen LogP contribution < -0.4 is 10.2 Å². The summed E-state index contributed by atoms with van der Waals surface area (Å²) in [6.45, 7) is 2.58. The van der Waals surface area contributed by atoms with E-state index in [1.54, 1.807) is 27.0 Å². The quantitative estimate of drug-likeness (QED) is 0.736. The number of fused-ring (bicyclic) bond motifs is 1. The van der Waals surface area contributed by atoms with E-state index in [0.29, 0.717) is 45.0 Å². The first-order chi connectivity index (χ1) is 15.3. The van der Waals surface area contributed by atoms with Crippen molar-refractivity contribution >= 4 is 17.8 Å². The molecule has 0 aliphatic carbocycles. The number of nitrogens with zero attached hydrogens (tertiary/aromatic N) is 4. The molecule has 1 unspecified atom stereocenters. The number of hydrogen-bond donors (Lipinski definition) is 1. The second-order valence-electron chi connectivity index (χ2n) is 9.07. The van der Waals surface area contributed by atoms with Crippen molar-refractivity contribution in [3.05, 3.63) is 23.9 Å². The summed E-state index contributed by atoms with van der Waals surface area (Å²) in [4.78, 5) is 34.0. The van der Waals surface area contributed by atoms with Gasteiger partial charge in [0.25, 0.3) is 0 Å². The SMILES string of the molecule is O=C1CO[C@H]2CCN(C(=O)N3CC(c4ccc(N5CCC(C(F)(F)F)C5)nc4)C3)C[C@H]2N1. The lowest BCUT2D eigenvalue weighted by Crippen LogP contribution is -2.63. The number of piperidine rings is 1. The summed E-state index contributed by atoms with van der Waals surface area (Å²) in [7, 11) is 0. The summed E-state index contributed by atoms with van der Waals surface area (Å²) < 4.78 is 44.2. The molecular formula is C21H26F3N5O3. The van der Waals surface area contributed by atoms with Crippen LogP contribution in [0.3, 0.4) is 0 Å². The van der Waals surface area contributed by atoms with Gasteiger partial charge in [-0.05, 0) is 24.5 Å². The van der Waals surface area contributed by atoms with Crippen molar-refractivity contribution in [3.8, 4) is 0 Å². The Kier molecular flexibility index (Phi) is 5.39. The van der Waals surface area contributed by atoms with E-state index in [-0.39, 0.29) is 49.6 Å². The van der Waals surface area contributed by atoms with Gasteiger partial charge in [-0.1, -0.05) is 6.07 Å². The highest BCUT2D eigenvalue weighted by molar-refractivity contribution is 5.79. The molecule has 0 bridgehead atoms. The average molecular weight is 453 g/mol. The number of hydrogen-bond acceptors (Lipinski definition) is 5. The number of ether oxygens (including phenoxy) is 1. The zero-order valence-corrected chi connectivity index (χ0v) is 17.6. The lowest BCUT2D eigenvalue weighted by Gasteiger charge is -2.46. The van der Waals surface area contributed by atoms with E-state index in [2.05, 4.69) is 10.3 Å². The monoisotopic (exact) mass is 453 g/mol. The second-order valence-corrected chi connectivity index (χ2v) is 9.07. The molecule has 0 saturated carbocycles.